The number of aryl methyl sites for hydroxylation is 2. The zero-order valence-electron chi connectivity index (χ0n) is 7.04. The Morgan fingerprint density at radius 1 is 1.55 bits per heavy atom. The van der Waals surface area contributed by atoms with Gasteiger partial charge in [0.15, 0.2) is 0 Å². The molecule has 1 heterocycles. The molecular weight excluding hydrogens is 140 g/mol. The summed E-state index contributed by atoms with van der Waals surface area (Å²) < 4.78 is 1.83. The van der Waals surface area contributed by atoms with E-state index in [0.717, 1.165) is 25.1 Å². The van der Waals surface area contributed by atoms with Crippen LogP contribution in [0.15, 0.2) is 6.07 Å². The van der Waals surface area contributed by atoms with Crippen LogP contribution < -0.4 is 0 Å². The number of rotatable bonds is 3. The van der Waals surface area contributed by atoms with E-state index in [9.17, 15) is 0 Å². The first kappa shape index (κ1) is 8.11. The lowest BCUT2D eigenvalue weighted by molar-refractivity contribution is 0.438. The number of hydrogen-bond acceptors (Lipinski definition) is 2. The Balaban J connectivity index is 2.83. The number of nitrogens with zero attached hydrogens (tertiary/aromatic N) is 2. The van der Waals surface area contributed by atoms with Crippen molar-refractivity contribution in [1.29, 1.82) is 0 Å². The van der Waals surface area contributed by atoms with Crippen molar-refractivity contribution in [3.05, 3.63) is 11.8 Å². The summed E-state index contributed by atoms with van der Waals surface area (Å²) >= 11 is 0. The number of aromatic nitrogens is 2. The molecule has 0 spiro atoms. The lowest BCUT2D eigenvalue weighted by Gasteiger charge is -2.00. The van der Waals surface area contributed by atoms with Gasteiger partial charge in [-0.1, -0.05) is 13.3 Å². The molecular formula is C8H14N2O. The number of aromatic hydroxyl groups is 1. The van der Waals surface area contributed by atoms with E-state index in [1.807, 2.05) is 11.6 Å². The fourth-order valence-electron chi connectivity index (χ4n) is 1.17. The van der Waals surface area contributed by atoms with E-state index in [0.29, 0.717) is 0 Å². The molecule has 0 aromatic carbocycles. The minimum absolute atomic E-state index is 0.135. The highest BCUT2D eigenvalue weighted by atomic mass is 16.3. The van der Waals surface area contributed by atoms with Crippen LogP contribution in [0.3, 0.4) is 0 Å². The van der Waals surface area contributed by atoms with Gasteiger partial charge in [-0.15, -0.1) is 5.10 Å². The summed E-state index contributed by atoms with van der Waals surface area (Å²) in [6.45, 7) is 4.96. The maximum Gasteiger partial charge on any atom is 0.230 e. The Bertz CT molecular complexity index is 230. The van der Waals surface area contributed by atoms with Gasteiger partial charge in [0, 0.05) is 18.3 Å². The van der Waals surface area contributed by atoms with E-state index in [4.69, 9.17) is 5.11 Å². The predicted molar refractivity (Wildman–Crippen MR) is 43.6 cm³/mol. The molecule has 11 heavy (non-hydrogen) atoms. The lowest BCUT2D eigenvalue weighted by Crippen LogP contribution is -2.01. The van der Waals surface area contributed by atoms with E-state index < -0.39 is 0 Å². The molecule has 1 rings (SSSR count). The van der Waals surface area contributed by atoms with Crippen LogP contribution in [0.25, 0.3) is 0 Å². The predicted octanol–water partition coefficient (Wildman–Crippen LogP) is 1.56. The summed E-state index contributed by atoms with van der Waals surface area (Å²) in [5.74, 6) is 0.135. The fraction of sp³-hybridized carbons (Fsp3) is 0.625. The van der Waals surface area contributed by atoms with Crippen LogP contribution in [0.1, 0.15) is 26.0 Å². The molecule has 0 amide bonds. The van der Waals surface area contributed by atoms with Crippen LogP contribution >= 0.6 is 0 Å². The molecule has 0 aliphatic carbocycles. The maximum absolute atomic E-state index is 9.06. The van der Waals surface area contributed by atoms with Gasteiger partial charge in [-0.2, -0.15) is 0 Å². The first-order chi connectivity index (χ1) is 5.27. The maximum atomic E-state index is 9.06. The Morgan fingerprint density at radius 3 is 2.82 bits per heavy atom. The number of hydrogen-bond donors (Lipinski definition) is 1. The SMILES string of the molecule is CCCc1cc(O)nn1CC. The van der Waals surface area contributed by atoms with Crippen molar-refractivity contribution in [2.75, 3.05) is 0 Å². The van der Waals surface area contributed by atoms with Crippen LogP contribution in [0.4, 0.5) is 0 Å². The molecule has 0 atom stereocenters. The van der Waals surface area contributed by atoms with Crippen molar-refractivity contribution < 1.29 is 5.11 Å². The second-order valence-corrected chi connectivity index (χ2v) is 2.56. The molecule has 1 aromatic heterocycles. The molecule has 0 aliphatic rings. The minimum Gasteiger partial charge on any atom is -0.492 e. The second-order valence-electron chi connectivity index (χ2n) is 2.56. The summed E-state index contributed by atoms with van der Waals surface area (Å²) in [7, 11) is 0. The lowest BCUT2D eigenvalue weighted by atomic mass is 10.2. The average molecular weight is 154 g/mol. The zero-order valence-corrected chi connectivity index (χ0v) is 7.04. The molecule has 3 nitrogen and oxygen atoms in total. The third kappa shape index (κ3) is 1.73. The zero-order chi connectivity index (χ0) is 8.27. The van der Waals surface area contributed by atoms with Crippen LogP contribution in [0.2, 0.25) is 0 Å². The molecule has 0 aliphatic heterocycles. The highest BCUT2D eigenvalue weighted by Crippen LogP contribution is 2.11. The molecule has 1 N–H and O–H groups in total. The van der Waals surface area contributed by atoms with Gasteiger partial charge < -0.3 is 5.11 Å². The second kappa shape index (κ2) is 3.42. The first-order valence-corrected chi connectivity index (χ1v) is 4.03. The minimum atomic E-state index is 0.135. The molecule has 1 aromatic rings. The highest BCUT2D eigenvalue weighted by Gasteiger charge is 2.02. The topological polar surface area (TPSA) is 38.1 Å². The normalized spacial score (nSPS) is 10.4. The van der Waals surface area contributed by atoms with Crippen LogP contribution in [0, 0.1) is 0 Å². The molecule has 0 saturated heterocycles. The highest BCUT2D eigenvalue weighted by molar-refractivity contribution is 5.13. The first-order valence-electron chi connectivity index (χ1n) is 4.03. The Kier molecular flexibility index (Phi) is 2.52. The standard InChI is InChI=1S/C8H14N2O/c1-3-5-7-6-8(11)9-10(7)4-2/h6H,3-5H2,1-2H3,(H,9,11). The largest absolute Gasteiger partial charge is 0.492 e. The van der Waals surface area contributed by atoms with Gasteiger partial charge in [0.1, 0.15) is 0 Å². The van der Waals surface area contributed by atoms with Crippen LogP contribution in [0.5, 0.6) is 5.88 Å². The van der Waals surface area contributed by atoms with Crippen molar-refractivity contribution >= 4 is 0 Å². The third-order valence-electron chi connectivity index (χ3n) is 1.66. The smallest absolute Gasteiger partial charge is 0.230 e. The van der Waals surface area contributed by atoms with Crippen LogP contribution in [-0.2, 0) is 13.0 Å². The van der Waals surface area contributed by atoms with Gasteiger partial charge in [-0.3, -0.25) is 4.68 Å². The molecule has 0 fully saturated rings. The summed E-state index contributed by atoms with van der Waals surface area (Å²) in [6, 6.07) is 1.73. The Morgan fingerprint density at radius 2 is 2.27 bits per heavy atom. The van der Waals surface area contributed by atoms with Crippen molar-refractivity contribution in [2.24, 2.45) is 0 Å². The van der Waals surface area contributed by atoms with Crippen LogP contribution in [-0.4, -0.2) is 14.9 Å². The van der Waals surface area contributed by atoms with E-state index in [1.165, 1.54) is 0 Å². The molecule has 3 heteroatoms. The summed E-state index contributed by atoms with van der Waals surface area (Å²) in [6.07, 6.45) is 2.08. The Hall–Kier alpha value is -0.990. The van der Waals surface area contributed by atoms with Crippen molar-refractivity contribution in [3.63, 3.8) is 0 Å². The molecule has 0 bridgehead atoms. The van der Waals surface area contributed by atoms with Gasteiger partial charge in [-0.05, 0) is 13.3 Å². The summed E-state index contributed by atoms with van der Waals surface area (Å²) in [4.78, 5) is 0. The summed E-state index contributed by atoms with van der Waals surface area (Å²) in [5, 5.41) is 13.0. The average Bonchev–Trinajstić information content (AvgIpc) is 2.32. The van der Waals surface area contributed by atoms with Crippen molar-refractivity contribution in [1.82, 2.24) is 9.78 Å². The third-order valence-corrected chi connectivity index (χ3v) is 1.66. The summed E-state index contributed by atoms with van der Waals surface area (Å²) in [5.41, 5.74) is 1.12. The monoisotopic (exact) mass is 154 g/mol. The van der Waals surface area contributed by atoms with E-state index in [2.05, 4.69) is 12.0 Å². The van der Waals surface area contributed by atoms with Crippen molar-refractivity contribution in [2.45, 2.75) is 33.2 Å². The van der Waals surface area contributed by atoms with Gasteiger partial charge in [0.25, 0.3) is 0 Å². The van der Waals surface area contributed by atoms with Gasteiger partial charge >= 0.3 is 0 Å². The van der Waals surface area contributed by atoms with Gasteiger partial charge in [0.05, 0.1) is 0 Å². The van der Waals surface area contributed by atoms with Crippen molar-refractivity contribution in [3.8, 4) is 5.88 Å². The molecule has 62 valence electrons. The Labute approximate surface area is 66.7 Å². The van der Waals surface area contributed by atoms with E-state index in [-0.39, 0.29) is 5.88 Å². The van der Waals surface area contributed by atoms with E-state index in [1.54, 1.807) is 6.07 Å². The van der Waals surface area contributed by atoms with E-state index >= 15 is 0 Å². The van der Waals surface area contributed by atoms with Gasteiger partial charge in [-0.25, -0.2) is 0 Å². The molecule has 0 saturated carbocycles. The quantitative estimate of drug-likeness (QED) is 0.717. The van der Waals surface area contributed by atoms with Gasteiger partial charge in [0.2, 0.25) is 5.88 Å². The molecule has 0 unspecified atom stereocenters. The fourth-order valence-corrected chi connectivity index (χ4v) is 1.17. The molecule has 0 radical (unpaired) electrons.